The van der Waals surface area contributed by atoms with Crippen molar-refractivity contribution in [3.63, 3.8) is 0 Å². The van der Waals surface area contributed by atoms with Crippen LogP contribution in [0.2, 0.25) is 0 Å². The second-order valence-corrected chi connectivity index (χ2v) is 4.05. The monoisotopic (exact) mass is 273 g/mol. The van der Waals surface area contributed by atoms with E-state index in [0.717, 1.165) is 5.69 Å². The van der Waals surface area contributed by atoms with Gasteiger partial charge in [0.05, 0.1) is 7.11 Å². The van der Waals surface area contributed by atoms with Crippen LogP contribution in [0.1, 0.15) is 5.69 Å². The molecule has 6 nitrogen and oxygen atoms in total. The summed E-state index contributed by atoms with van der Waals surface area (Å²) in [5.74, 6) is 0.383. The lowest BCUT2D eigenvalue weighted by Gasteiger charge is -2.07. The molecule has 1 amide bonds. The van der Waals surface area contributed by atoms with Crippen LogP contribution in [-0.4, -0.2) is 29.6 Å². The fraction of sp³-hybridized carbons (Fsp3) is 0.214. The van der Waals surface area contributed by atoms with E-state index in [1.165, 1.54) is 0 Å². The first kappa shape index (κ1) is 13.8. The van der Waals surface area contributed by atoms with E-state index >= 15 is 0 Å². The number of methoxy groups -OCH3 is 1. The maximum absolute atomic E-state index is 11.7. The van der Waals surface area contributed by atoms with Crippen LogP contribution < -0.4 is 14.8 Å². The molecule has 2 aromatic rings. The Labute approximate surface area is 116 Å². The molecule has 1 N–H and O–H groups in total. The SMILES string of the molecule is COc1cccc(NC(=O)COc2nccc(C)n2)c1. The Kier molecular flexibility index (Phi) is 4.49. The molecule has 1 heterocycles. The van der Waals surface area contributed by atoms with Crippen LogP contribution in [0.3, 0.4) is 0 Å². The maximum atomic E-state index is 11.7. The second kappa shape index (κ2) is 6.51. The van der Waals surface area contributed by atoms with E-state index < -0.39 is 0 Å². The first-order chi connectivity index (χ1) is 9.67. The third-order valence-electron chi connectivity index (χ3n) is 2.46. The molecule has 0 aliphatic rings. The van der Waals surface area contributed by atoms with Crippen molar-refractivity contribution in [1.82, 2.24) is 9.97 Å². The zero-order valence-corrected chi connectivity index (χ0v) is 11.3. The molecule has 1 aromatic carbocycles. The van der Waals surface area contributed by atoms with Crippen molar-refractivity contribution in [2.75, 3.05) is 19.0 Å². The summed E-state index contributed by atoms with van der Waals surface area (Å²) in [5, 5.41) is 2.70. The zero-order chi connectivity index (χ0) is 14.4. The molecule has 0 unspecified atom stereocenters. The van der Waals surface area contributed by atoms with E-state index in [1.807, 2.05) is 6.92 Å². The van der Waals surface area contributed by atoms with Gasteiger partial charge in [0, 0.05) is 23.6 Å². The molecule has 0 aliphatic heterocycles. The molecular weight excluding hydrogens is 258 g/mol. The average Bonchev–Trinajstić information content (AvgIpc) is 2.45. The summed E-state index contributed by atoms with van der Waals surface area (Å²) in [6.45, 7) is 1.67. The van der Waals surface area contributed by atoms with Crippen molar-refractivity contribution in [2.24, 2.45) is 0 Å². The maximum Gasteiger partial charge on any atom is 0.317 e. The predicted molar refractivity (Wildman–Crippen MR) is 73.9 cm³/mol. The number of benzene rings is 1. The largest absolute Gasteiger partial charge is 0.497 e. The van der Waals surface area contributed by atoms with Gasteiger partial charge in [0.2, 0.25) is 0 Å². The Balaban J connectivity index is 1.89. The van der Waals surface area contributed by atoms with Crippen LogP contribution in [0.25, 0.3) is 0 Å². The highest BCUT2D eigenvalue weighted by Gasteiger charge is 2.06. The lowest BCUT2D eigenvalue weighted by atomic mass is 10.3. The number of hydrogen-bond acceptors (Lipinski definition) is 5. The Morgan fingerprint density at radius 2 is 2.20 bits per heavy atom. The molecule has 2 rings (SSSR count). The fourth-order valence-corrected chi connectivity index (χ4v) is 1.52. The normalized spacial score (nSPS) is 9.90. The molecule has 0 bridgehead atoms. The van der Waals surface area contributed by atoms with Gasteiger partial charge in [-0.25, -0.2) is 9.97 Å². The van der Waals surface area contributed by atoms with Gasteiger partial charge in [0.25, 0.3) is 5.91 Å². The Morgan fingerprint density at radius 1 is 1.35 bits per heavy atom. The smallest absolute Gasteiger partial charge is 0.317 e. The number of nitrogens with one attached hydrogen (secondary N) is 1. The number of amides is 1. The van der Waals surface area contributed by atoms with E-state index in [-0.39, 0.29) is 18.5 Å². The van der Waals surface area contributed by atoms with Gasteiger partial charge >= 0.3 is 6.01 Å². The van der Waals surface area contributed by atoms with Gasteiger partial charge < -0.3 is 14.8 Å². The van der Waals surface area contributed by atoms with Crippen LogP contribution in [0.15, 0.2) is 36.5 Å². The number of ether oxygens (including phenoxy) is 2. The minimum absolute atomic E-state index is 0.152. The molecule has 0 atom stereocenters. The van der Waals surface area contributed by atoms with E-state index in [1.54, 1.807) is 43.6 Å². The summed E-state index contributed by atoms with van der Waals surface area (Å²) in [7, 11) is 1.57. The summed E-state index contributed by atoms with van der Waals surface area (Å²) in [6, 6.07) is 9.02. The predicted octanol–water partition coefficient (Wildman–Crippen LogP) is 1.81. The van der Waals surface area contributed by atoms with Crippen LogP contribution in [0, 0.1) is 6.92 Å². The number of rotatable bonds is 5. The highest BCUT2D eigenvalue weighted by molar-refractivity contribution is 5.92. The van der Waals surface area contributed by atoms with Crippen molar-refractivity contribution in [2.45, 2.75) is 6.92 Å². The summed E-state index contributed by atoms with van der Waals surface area (Å²) in [5.41, 5.74) is 1.42. The minimum Gasteiger partial charge on any atom is -0.497 e. The summed E-state index contributed by atoms with van der Waals surface area (Å²) in [4.78, 5) is 19.7. The number of aryl methyl sites for hydroxylation is 1. The van der Waals surface area contributed by atoms with Crippen molar-refractivity contribution in [3.8, 4) is 11.8 Å². The van der Waals surface area contributed by atoms with E-state index in [2.05, 4.69) is 15.3 Å². The van der Waals surface area contributed by atoms with Crippen molar-refractivity contribution in [3.05, 3.63) is 42.2 Å². The number of carbonyl (C=O) groups is 1. The zero-order valence-electron chi connectivity index (χ0n) is 11.3. The third kappa shape index (κ3) is 3.94. The van der Waals surface area contributed by atoms with Gasteiger partial charge in [0.1, 0.15) is 5.75 Å². The lowest BCUT2D eigenvalue weighted by molar-refractivity contribution is -0.118. The number of anilines is 1. The molecule has 0 radical (unpaired) electrons. The first-order valence-corrected chi connectivity index (χ1v) is 6.04. The summed E-state index contributed by atoms with van der Waals surface area (Å²) >= 11 is 0. The highest BCUT2D eigenvalue weighted by atomic mass is 16.5. The van der Waals surface area contributed by atoms with Gasteiger partial charge in [-0.1, -0.05) is 6.07 Å². The molecule has 6 heteroatoms. The summed E-state index contributed by atoms with van der Waals surface area (Å²) in [6.07, 6.45) is 1.58. The number of carbonyl (C=O) groups excluding carboxylic acids is 1. The number of nitrogens with zero attached hydrogens (tertiary/aromatic N) is 2. The topological polar surface area (TPSA) is 73.3 Å². The lowest BCUT2D eigenvalue weighted by Crippen LogP contribution is -2.20. The molecule has 104 valence electrons. The second-order valence-electron chi connectivity index (χ2n) is 4.05. The molecule has 0 fully saturated rings. The summed E-state index contributed by atoms with van der Waals surface area (Å²) < 4.78 is 10.3. The molecule has 1 aromatic heterocycles. The van der Waals surface area contributed by atoms with Gasteiger partial charge in [0.15, 0.2) is 6.61 Å². The molecule has 0 aliphatic carbocycles. The van der Waals surface area contributed by atoms with Crippen LogP contribution >= 0.6 is 0 Å². The Morgan fingerprint density at radius 3 is 2.95 bits per heavy atom. The van der Waals surface area contributed by atoms with Gasteiger partial charge in [-0.2, -0.15) is 0 Å². The molecule has 0 saturated carbocycles. The van der Waals surface area contributed by atoms with Crippen molar-refractivity contribution in [1.29, 1.82) is 0 Å². The molecule has 0 spiro atoms. The number of aromatic nitrogens is 2. The first-order valence-electron chi connectivity index (χ1n) is 6.04. The Bertz CT molecular complexity index is 602. The molecule has 0 saturated heterocycles. The minimum atomic E-state index is -0.289. The van der Waals surface area contributed by atoms with Crippen LogP contribution in [0.5, 0.6) is 11.8 Å². The van der Waals surface area contributed by atoms with Crippen molar-refractivity contribution >= 4 is 11.6 Å². The van der Waals surface area contributed by atoms with Gasteiger partial charge in [-0.15, -0.1) is 0 Å². The quantitative estimate of drug-likeness (QED) is 0.899. The van der Waals surface area contributed by atoms with E-state index in [4.69, 9.17) is 9.47 Å². The molecule has 20 heavy (non-hydrogen) atoms. The standard InChI is InChI=1S/C14H15N3O3/c1-10-6-7-15-14(16-10)20-9-13(18)17-11-4-3-5-12(8-11)19-2/h3-8H,9H2,1-2H3,(H,17,18). The van der Waals surface area contributed by atoms with Gasteiger partial charge in [-0.05, 0) is 25.1 Å². The van der Waals surface area contributed by atoms with E-state index in [0.29, 0.717) is 11.4 Å². The number of hydrogen-bond donors (Lipinski definition) is 1. The third-order valence-corrected chi connectivity index (χ3v) is 2.46. The van der Waals surface area contributed by atoms with Gasteiger partial charge in [-0.3, -0.25) is 4.79 Å². The Hall–Kier alpha value is -2.63. The average molecular weight is 273 g/mol. The molecular formula is C14H15N3O3. The van der Waals surface area contributed by atoms with E-state index in [9.17, 15) is 4.79 Å². The highest BCUT2D eigenvalue weighted by Crippen LogP contribution is 2.16. The fourth-order valence-electron chi connectivity index (χ4n) is 1.52. The van der Waals surface area contributed by atoms with Crippen LogP contribution in [0.4, 0.5) is 5.69 Å². The van der Waals surface area contributed by atoms with Crippen LogP contribution in [-0.2, 0) is 4.79 Å². The van der Waals surface area contributed by atoms with Crippen molar-refractivity contribution < 1.29 is 14.3 Å².